The number of sulfone groups is 1. The van der Waals surface area contributed by atoms with Gasteiger partial charge in [0.25, 0.3) is 0 Å². The quantitative estimate of drug-likeness (QED) is 0.885. The Morgan fingerprint density at radius 3 is 2.50 bits per heavy atom. The molecule has 0 aliphatic heterocycles. The summed E-state index contributed by atoms with van der Waals surface area (Å²) in [7, 11) is -1.26. The average Bonchev–Trinajstić information content (AvgIpc) is 2.24. The van der Waals surface area contributed by atoms with Crippen LogP contribution < -0.4 is 4.90 Å². The van der Waals surface area contributed by atoms with Crippen molar-refractivity contribution >= 4 is 37.4 Å². The van der Waals surface area contributed by atoms with Crippen molar-refractivity contribution in [2.75, 3.05) is 30.5 Å². The third kappa shape index (κ3) is 4.30. The summed E-state index contributed by atoms with van der Waals surface area (Å²) in [6, 6.07) is 4.63. The van der Waals surface area contributed by atoms with Gasteiger partial charge in [-0.15, -0.1) is 0 Å². The van der Waals surface area contributed by atoms with Crippen LogP contribution in [0.5, 0.6) is 0 Å². The lowest BCUT2D eigenvalue weighted by Crippen LogP contribution is -2.25. The fourth-order valence-corrected chi connectivity index (χ4v) is 2.66. The van der Waals surface area contributed by atoms with E-state index in [4.69, 9.17) is 5.11 Å². The maximum absolute atomic E-state index is 11.1. The zero-order chi connectivity index (χ0) is 13.9. The second kappa shape index (κ2) is 5.71. The van der Waals surface area contributed by atoms with E-state index in [1.165, 1.54) is 18.4 Å². The summed E-state index contributed by atoms with van der Waals surface area (Å²) in [4.78, 5) is 12.5. The molecule has 0 spiro atoms. The number of rotatable bonds is 5. The van der Waals surface area contributed by atoms with Crippen molar-refractivity contribution in [3.63, 3.8) is 0 Å². The number of carboxylic acids is 1. The molecular weight excluding hydrogens is 322 g/mol. The highest BCUT2D eigenvalue weighted by Gasteiger charge is 2.11. The topological polar surface area (TPSA) is 74.7 Å². The number of aromatic carboxylic acids is 1. The van der Waals surface area contributed by atoms with Gasteiger partial charge in [-0.05, 0) is 34.1 Å². The summed E-state index contributed by atoms with van der Waals surface area (Å²) >= 11 is 3.28. The third-order valence-electron chi connectivity index (χ3n) is 2.40. The number of hydrogen-bond donors (Lipinski definition) is 1. The number of hydrogen-bond acceptors (Lipinski definition) is 4. The number of benzene rings is 1. The van der Waals surface area contributed by atoms with Crippen molar-refractivity contribution in [3.05, 3.63) is 28.2 Å². The van der Waals surface area contributed by atoms with Crippen LogP contribution in [0.15, 0.2) is 22.7 Å². The van der Waals surface area contributed by atoms with E-state index < -0.39 is 15.8 Å². The minimum absolute atomic E-state index is 0.0522. The van der Waals surface area contributed by atoms with E-state index in [0.29, 0.717) is 11.0 Å². The van der Waals surface area contributed by atoms with Gasteiger partial charge in [0.2, 0.25) is 0 Å². The van der Waals surface area contributed by atoms with E-state index in [-0.39, 0.29) is 11.3 Å². The monoisotopic (exact) mass is 335 g/mol. The molecule has 0 saturated carbocycles. The maximum atomic E-state index is 11.1. The molecule has 100 valence electrons. The van der Waals surface area contributed by atoms with Crippen molar-refractivity contribution in [1.82, 2.24) is 0 Å². The summed E-state index contributed by atoms with van der Waals surface area (Å²) in [6.45, 7) is 0.351. The SMILES string of the molecule is CN(CCS(C)(=O)=O)c1ccc(C(=O)O)cc1Br. The van der Waals surface area contributed by atoms with E-state index >= 15 is 0 Å². The fraction of sp³-hybridized carbons (Fsp3) is 0.364. The first kappa shape index (κ1) is 15.0. The number of carbonyl (C=O) groups is 1. The Hall–Kier alpha value is -1.08. The molecule has 0 aliphatic carbocycles. The van der Waals surface area contributed by atoms with E-state index in [1.54, 1.807) is 18.0 Å². The van der Waals surface area contributed by atoms with E-state index in [2.05, 4.69) is 15.9 Å². The van der Waals surface area contributed by atoms with Gasteiger partial charge < -0.3 is 10.0 Å². The summed E-state index contributed by atoms with van der Waals surface area (Å²) in [6.07, 6.45) is 1.18. The van der Waals surface area contributed by atoms with Crippen LogP contribution in [0.3, 0.4) is 0 Å². The summed E-state index contributed by atoms with van der Waals surface area (Å²) < 4.78 is 22.8. The van der Waals surface area contributed by atoms with Crippen molar-refractivity contribution in [1.29, 1.82) is 0 Å². The Morgan fingerprint density at radius 2 is 2.06 bits per heavy atom. The van der Waals surface area contributed by atoms with Crippen LogP contribution in [0.4, 0.5) is 5.69 Å². The highest BCUT2D eigenvalue weighted by Crippen LogP contribution is 2.26. The molecule has 0 fully saturated rings. The smallest absolute Gasteiger partial charge is 0.335 e. The molecule has 0 aromatic heterocycles. The van der Waals surface area contributed by atoms with E-state index in [9.17, 15) is 13.2 Å². The molecule has 0 unspecified atom stereocenters. The van der Waals surface area contributed by atoms with Crippen molar-refractivity contribution in [2.24, 2.45) is 0 Å². The summed E-state index contributed by atoms with van der Waals surface area (Å²) in [5.74, 6) is -0.947. The fourth-order valence-electron chi connectivity index (χ4n) is 1.37. The molecule has 0 aliphatic rings. The zero-order valence-corrected chi connectivity index (χ0v) is 12.5. The second-order valence-corrected chi connectivity index (χ2v) is 7.14. The van der Waals surface area contributed by atoms with Crippen LogP contribution in [0, 0.1) is 0 Å². The molecule has 0 saturated heterocycles. The molecule has 0 atom stereocenters. The van der Waals surface area contributed by atoms with Crippen LogP contribution >= 0.6 is 15.9 Å². The van der Waals surface area contributed by atoms with Crippen molar-refractivity contribution in [2.45, 2.75) is 0 Å². The molecule has 7 heteroatoms. The van der Waals surface area contributed by atoms with Gasteiger partial charge in [-0.1, -0.05) is 0 Å². The first-order valence-corrected chi connectivity index (χ1v) is 7.98. The average molecular weight is 336 g/mol. The minimum atomic E-state index is -3.01. The first-order valence-electron chi connectivity index (χ1n) is 5.12. The number of halogens is 1. The van der Waals surface area contributed by atoms with E-state index in [0.717, 1.165) is 5.69 Å². The Labute approximate surface area is 114 Å². The largest absolute Gasteiger partial charge is 0.478 e. The van der Waals surface area contributed by atoms with Gasteiger partial charge in [-0.2, -0.15) is 0 Å². The van der Waals surface area contributed by atoms with Crippen LogP contribution in [0.1, 0.15) is 10.4 Å². The summed E-state index contributed by atoms with van der Waals surface area (Å²) in [5, 5.41) is 8.84. The Morgan fingerprint density at radius 1 is 1.44 bits per heavy atom. The molecule has 0 heterocycles. The Kier molecular flexibility index (Phi) is 4.75. The minimum Gasteiger partial charge on any atom is -0.478 e. The van der Waals surface area contributed by atoms with Crippen LogP contribution in [0.25, 0.3) is 0 Å². The zero-order valence-electron chi connectivity index (χ0n) is 10.1. The van der Waals surface area contributed by atoms with Gasteiger partial charge in [-0.25, -0.2) is 13.2 Å². The maximum Gasteiger partial charge on any atom is 0.335 e. The lowest BCUT2D eigenvalue weighted by atomic mass is 10.2. The standard InChI is InChI=1S/C11H14BrNO4S/c1-13(5-6-18(2,16)17)10-4-3-8(11(14)15)7-9(10)12/h3-4,7H,5-6H2,1-2H3,(H,14,15). The van der Waals surface area contributed by atoms with Gasteiger partial charge in [0, 0.05) is 24.3 Å². The van der Waals surface area contributed by atoms with Gasteiger partial charge in [-0.3, -0.25) is 0 Å². The van der Waals surface area contributed by atoms with Crippen LogP contribution in [0.2, 0.25) is 0 Å². The Balaban J connectivity index is 2.87. The molecule has 0 radical (unpaired) electrons. The molecule has 5 nitrogen and oxygen atoms in total. The second-order valence-electron chi connectivity index (χ2n) is 4.02. The molecule has 1 rings (SSSR count). The number of carboxylic acid groups (broad SMARTS) is 1. The third-order valence-corrected chi connectivity index (χ3v) is 3.96. The van der Waals surface area contributed by atoms with Crippen molar-refractivity contribution in [3.8, 4) is 0 Å². The first-order chi connectivity index (χ1) is 8.20. The van der Waals surface area contributed by atoms with Gasteiger partial charge in [0.15, 0.2) is 0 Å². The molecule has 1 N–H and O–H groups in total. The number of nitrogens with zero attached hydrogens (tertiary/aromatic N) is 1. The van der Waals surface area contributed by atoms with Crippen LogP contribution in [-0.2, 0) is 9.84 Å². The number of anilines is 1. The predicted molar refractivity (Wildman–Crippen MR) is 74.1 cm³/mol. The lowest BCUT2D eigenvalue weighted by Gasteiger charge is -2.20. The highest BCUT2D eigenvalue weighted by atomic mass is 79.9. The molecule has 18 heavy (non-hydrogen) atoms. The molecule has 0 bridgehead atoms. The molecule has 1 aromatic carbocycles. The highest BCUT2D eigenvalue weighted by molar-refractivity contribution is 9.10. The lowest BCUT2D eigenvalue weighted by molar-refractivity contribution is 0.0697. The Bertz CT molecular complexity index is 556. The van der Waals surface area contributed by atoms with E-state index in [1.807, 2.05) is 0 Å². The van der Waals surface area contributed by atoms with Gasteiger partial charge >= 0.3 is 5.97 Å². The molecule has 0 amide bonds. The van der Waals surface area contributed by atoms with Crippen molar-refractivity contribution < 1.29 is 18.3 Å². The normalized spacial score (nSPS) is 11.3. The summed E-state index contributed by atoms with van der Waals surface area (Å²) in [5.41, 5.74) is 0.936. The molecule has 1 aromatic rings. The van der Waals surface area contributed by atoms with Gasteiger partial charge in [0.1, 0.15) is 9.84 Å². The predicted octanol–water partition coefficient (Wildman–Crippen LogP) is 1.63. The van der Waals surface area contributed by atoms with Gasteiger partial charge in [0.05, 0.1) is 17.0 Å². The molecular formula is C11H14BrNO4S. The van der Waals surface area contributed by atoms with Crippen LogP contribution in [-0.4, -0.2) is 45.1 Å².